The van der Waals surface area contributed by atoms with E-state index in [1.165, 1.54) is 66.8 Å². The predicted octanol–water partition coefficient (Wildman–Crippen LogP) is 10.8. The molecule has 0 N–H and O–H groups in total. The van der Waals surface area contributed by atoms with Crippen LogP contribution in [-0.4, -0.2) is 9.97 Å². The molecular weight excluding hydrogens is 619 g/mol. The largest absolute Gasteiger partial charge is 0.309 e. The van der Waals surface area contributed by atoms with Crippen LogP contribution in [0, 0.1) is 0 Å². The van der Waals surface area contributed by atoms with Crippen molar-refractivity contribution in [1.82, 2.24) is 9.97 Å². The lowest BCUT2D eigenvalue weighted by atomic mass is 9.84. The van der Waals surface area contributed by atoms with E-state index < -0.39 is 0 Å². The number of rotatable bonds is 5. The summed E-state index contributed by atoms with van der Waals surface area (Å²) in [5, 5.41) is 0. The Morgan fingerprint density at radius 2 is 0.843 bits per heavy atom. The highest BCUT2D eigenvalue weighted by Crippen LogP contribution is 2.50. The first-order valence-electron chi connectivity index (χ1n) is 17.7. The van der Waals surface area contributed by atoms with Crippen LogP contribution in [0.1, 0.15) is 22.3 Å². The maximum Gasteiger partial charge on any atom is 0.309 e. The molecule has 2 aliphatic rings. The summed E-state index contributed by atoms with van der Waals surface area (Å²) >= 11 is 0. The van der Waals surface area contributed by atoms with Crippen molar-refractivity contribution in [2.45, 2.75) is 12.8 Å². The van der Waals surface area contributed by atoms with Gasteiger partial charge in [0.2, 0.25) is 0 Å². The Balaban J connectivity index is 1.29. The van der Waals surface area contributed by atoms with Crippen molar-refractivity contribution in [2.75, 3.05) is 0 Å². The Bertz CT molecular complexity index is 2580. The van der Waals surface area contributed by atoms with Gasteiger partial charge in [-0.15, -0.1) is 0 Å². The van der Waals surface area contributed by atoms with Crippen molar-refractivity contribution in [3.63, 3.8) is 0 Å². The van der Waals surface area contributed by atoms with Crippen LogP contribution in [0.5, 0.6) is 0 Å². The second-order valence-electron chi connectivity index (χ2n) is 13.6. The third-order valence-corrected chi connectivity index (χ3v) is 10.7. The van der Waals surface area contributed by atoms with Crippen molar-refractivity contribution in [3.8, 4) is 78.7 Å². The van der Waals surface area contributed by atoms with Gasteiger partial charge in [-0.3, -0.25) is 0 Å². The zero-order chi connectivity index (χ0) is 33.9. The monoisotopic (exact) mass is 652 g/mol. The molecule has 1 aromatic heterocycles. The van der Waals surface area contributed by atoms with E-state index in [1.54, 1.807) is 0 Å². The zero-order valence-corrected chi connectivity index (χ0v) is 28.3. The standard InChI is InChI=1S/C48H34N3/c1-51-47(31-15-4-2-5-16-31)49-46(50-48(51)32-17-6-3-7-18-32)42-28-14-26-40(39-25-12-21-35-29-33-19-9-11-23-37(33)44(35)39)45(42)41-27-13-24-38-36-22-10-8-20-34(36)30-43(38)41/h2-28H,29-30H2,1H3/q+1. The molecule has 0 radical (unpaired) electrons. The van der Waals surface area contributed by atoms with E-state index in [1.807, 2.05) is 0 Å². The van der Waals surface area contributed by atoms with E-state index in [2.05, 4.69) is 175 Å². The molecule has 2 aliphatic carbocycles. The number of hydrogen-bond acceptors (Lipinski definition) is 2. The van der Waals surface area contributed by atoms with Gasteiger partial charge in [-0.05, 0) is 104 Å². The number of benzene rings is 7. The van der Waals surface area contributed by atoms with Gasteiger partial charge in [0.25, 0.3) is 11.6 Å². The van der Waals surface area contributed by atoms with Gasteiger partial charge < -0.3 is 0 Å². The lowest BCUT2D eigenvalue weighted by Crippen LogP contribution is -2.36. The summed E-state index contributed by atoms with van der Waals surface area (Å²) in [4.78, 5) is 10.8. The predicted molar refractivity (Wildman–Crippen MR) is 207 cm³/mol. The van der Waals surface area contributed by atoms with Crippen LogP contribution in [0.2, 0.25) is 0 Å². The molecule has 3 heteroatoms. The topological polar surface area (TPSA) is 29.7 Å². The molecule has 51 heavy (non-hydrogen) atoms. The zero-order valence-electron chi connectivity index (χ0n) is 28.3. The second-order valence-corrected chi connectivity index (χ2v) is 13.6. The molecule has 0 fully saturated rings. The van der Waals surface area contributed by atoms with Gasteiger partial charge in [0.1, 0.15) is 0 Å². The Morgan fingerprint density at radius 3 is 1.53 bits per heavy atom. The van der Waals surface area contributed by atoms with Gasteiger partial charge >= 0.3 is 5.82 Å². The lowest BCUT2D eigenvalue weighted by Gasteiger charge is -2.19. The average molecular weight is 653 g/mol. The Kier molecular flexibility index (Phi) is 6.85. The van der Waals surface area contributed by atoms with E-state index in [9.17, 15) is 0 Å². The molecule has 1 heterocycles. The lowest BCUT2D eigenvalue weighted by molar-refractivity contribution is -0.654. The summed E-state index contributed by atoms with van der Waals surface area (Å²) < 4.78 is 2.12. The first-order valence-corrected chi connectivity index (χ1v) is 17.7. The van der Waals surface area contributed by atoms with Crippen molar-refractivity contribution in [2.24, 2.45) is 7.05 Å². The van der Waals surface area contributed by atoms with Crippen LogP contribution in [0.25, 0.3) is 78.7 Å². The molecule has 0 aliphatic heterocycles. The highest BCUT2D eigenvalue weighted by atomic mass is 15.1. The first kappa shape index (κ1) is 29.5. The molecule has 0 atom stereocenters. The summed E-state index contributed by atoms with van der Waals surface area (Å²) in [7, 11) is 2.07. The summed E-state index contributed by atoms with van der Waals surface area (Å²) in [6.45, 7) is 0. The van der Waals surface area contributed by atoms with Gasteiger partial charge in [-0.1, -0.05) is 143 Å². The molecule has 0 saturated heterocycles. The van der Waals surface area contributed by atoms with Crippen molar-refractivity contribution in [1.29, 1.82) is 0 Å². The molecule has 240 valence electrons. The number of nitrogens with zero attached hydrogens (tertiary/aromatic N) is 3. The third-order valence-electron chi connectivity index (χ3n) is 10.7. The molecule has 0 saturated carbocycles. The van der Waals surface area contributed by atoms with Crippen LogP contribution >= 0.6 is 0 Å². The van der Waals surface area contributed by atoms with Crippen LogP contribution in [-0.2, 0) is 19.9 Å². The summed E-state index contributed by atoms with van der Waals surface area (Å²) in [6, 6.07) is 59.0. The quantitative estimate of drug-likeness (QED) is 0.173. The van der Waals surface area contributed by atoms with Crippen LogP contribution in [0.3, 0.4) is 0 Å². The highest BCUT2D eigenvalue weighted by molar-refractivity contribution is 6.01. The summed E-state index contributed by atoms with van der Waals surface area (Å²) in [5.74, 6) is 2.45. The molecule has 10 rings (SSSR count). The van der Waals surface area contributed by atoms with Gasteiger partial charge in [-0.2, -0.15) is 0 Å². The highest BCUT2D eigenvalue weighted by Gasteiger charge is 2.31. The molecule has 0 bridgehead atoms. The number of hydrogen-bond donors (Lipinski definition) is 0. The molecule has 0 amide bonds. The number of aromatic nitrogens is 3. The molecule has 0 spiro atoms. The molecule has 0 unspecified atom stereocenters. The first-order chi connectivity index (χ1) is 25.2. The van der Waals surface area contributed by atoms with E-state index in [4.69, 9.17) is 9.97 Å². The van der Waals surface area contributed by atoms with Gasteiger partial charge in [0.15, 0.2) is 0 Å². The van der Waals surface area contributed by atoms with E-state index >= 15 is 0 Å². The van der Waals surface area contributed by atoms with E-state index in [0.717, 1.165) is 41.2 Å². The Morgan fingerprint density at radius 1 is 0.373 bits per heavy atom. The van der Waals surface area contributed by atoms with E-state index in [0.29, 0.717) is 5.82 Å². The normalized spacial score (nSPS) is 12.3. The minimum absolute atomic E-state index is 0.712. The maximum atomic E-state index is 5.41. The van der Waals surface area contributed by atoms with Gasteiger partial charge in [0, 0.05) is 5.56 Å². The SMILES string of the molecule is C[n+]1c(-c2ccccc2)nc(-c2cccc(-c3cccc4c3-c3ccccc3C4)c2-c2cccc3c2Cc2ccccc2-3)nc1-c1ccccc1. The van der Waals surface area contributed by atoms with Crippen LogP contribution in [0.4, 0.5) is 0 Å². The molecule has 8 aromatic rings. The van der Waals surface area contributed by atoms with Crippen LogP contribution < -0.4 is 4.57 Å². The van der Waals surface area contributed by atoms with E-state index in [-0.39, 0.29) is 0 Å². The fraction of sp³-hybridized carbons (Fsp3) is 0.0625. The number of fused-ring (bicyclic) bond motifs is 6. The second kappa shape index (κ2) is 11.9. The minimum atomic E-state index is 0.712. The fourth-order valence-corrected chi connectivity index (χ4v) is 8.35. The van der Waals surface area contributed by atoms with Gasteiger partial charge in [0.05, 0.1) is 23.7 Å². The minimum Gasteiger partial charge on any atom is -0.229 e. The average Bonchev–Trinajstić information content (AvgIpc) is 3.77. The van der Waals surface area contributed by atoms with Crippen LogP contribution in [0.15, 0.2) is 164 Å². The summed E-state index contributed by atoms with van der Waals surface area (Å²) in [6.07, 6.45) is 1.84. The smallest absolute Gasteiger partial charge is 0.229 e. The molecule has 7 aromatic carbocycles. The molecular formula is C48H34N3+. The summed E-state index contributed by atoms with van der Waals surface area (Å²) in [5.41, 5.74) is 18.7. The van der Waals surface area contributed by atoms with Gasteiger partial charge in [-0.25, -0.2) is 4.57 Å². The fourth-order valence-electron chi connectivity index (χ4n) is 8.35. The molecule has 3 nitrogen and oxygen atoms in total. The Hall–Kier alpha value is -6.45. The maximum absolute atomic E-state index is 5.41. The Labute approximate surface area is 298 Å². The van der Waals surface area contributed by atoms with Crippen molar-refractivity contribution < 1.29 is 4.57 Å². The van der Waals surface area contributed by atoms with Crippen molar-refractivity contribution in [3.05, 3.63) is 186 Å². The third kappa shape index (κ3) is 4.77. The van der Waals surface area contributed by atoms with Crippen molar-refractivity contribution >= 4 is 0 Å².